The van der Waals surface area contributed by atoms with Gasteiger partial charge in [-0.3, -0.25) is 4.98 Å². The summed E-state index contributed by atoms with van der Waals surface area (Å²) in [5, 5.41) is 14.2. The van der Waals surface area contributed by atoms with E-state index in [1.54, 1.807) is 17.5 Å². The highest BCUT2D eigenvalue weighted by Gasteiger charge is 2.33. The van der Waals surface area contributed by atoms with Gasteiger partial charge in [0, 0.05) is 17.3 Å². The number of anilines is 1. The average molecular weight is 403 g/mol. The van der Waals surface area contributed by atoms with Gasteiger partial charge in [0.2, 0.25) is 0 Å². The lowest BCUT2D eigenvalue weighted by molar-refractivity contribution is -0.925. The molecule has 0 radical (unpaired) electrons. The van der Waals surface area contributed by atoms with Crippen molar-refractivity contribution in [3.63, 3.8) is 0 Å². The molecule has 0 saturated carbocycles. The second kappa shape index (κ2) is 7.85. The summed E-state index contributed by atoms with van der Waals surface area (Å²) in [5.74, 6) is 0.319. The molecule has 0 amide bonds. The van der Waals surface area contributed by atoms with Crippen molar-refractivity contribution in [2.24, 2.45) is 0 Å². The SMILES string of the molecule is Oc1c([C@H](c2cccs2)[NH+]2CCN(c3ccccc3)CC2)ccc2cccnc12. The topological polar surface area (TPSA) is 40.8 Å². The van der Waals surface area contributed by atoms with Crippen molar-refractivity contribution in [2.75, 3.05) is 31.1 Å². The first-order chi connectivity index (χ1) is 14.3. The number of phenolic OH excluding ortho intramolecular Hbond substituents is 1. The molecule has 1 atom stereocenters. The molecule has 146 valence electrons. The molecular weight excluding hydrogens is 378 g/mol. The van der Waals surface area contributed by atoms with Crippen LogP contribution in [0, 0.1) is 0 Å². The summed E-state index contributed by atoms with van der Waals surface area (Å²) in [6.07, 6.45) is 1.75. The molecular formula is C24H24N3OS+. The van der Waals surface area contributed by atoms with E-state index in [0.717, 1.165) is 37.1 Å². The molecule has 2 aromatic carbocycles. The Morgan fingerprint density at radius 1 is 0.931 bits per heavy atom. The van der Waals surface area contributed by atoms with Crippen LogP contribution in [0.4, 0.5) is 5.69 Å². The van der Waals surface area contributed by atoms with Crippen molar-refractivity contribution in [1.29, 1.82) is 0 Å². The third kappa shape index (κ3) is 3.48. The van der Waals surface area contributed by atoms with E-state index < -0.39 is 0 Å². The van der Waals surface area contributed by atoms with Gasteiger partial charge in [-0.1, -0.05) is 36.4 Å². The van der Waals surface area contributed by atoms with Crippen molar-refractivity contribution in [3.05, 3.63) is 88.7 Å². The fraction of sp³-hybridized carbons (Fsp3) is 0.208. The molecule has 1 fully saturated rings. The van der Waals surface area contributed by atoms with E-state index in [9.17, 15) is 5.11 Å². The van der Waals surface area contributed by atoms with Crippen LogP contribution >= 0.6 is 11.3 Å². The second-order valence-corrected chi connectivity index (χ2v) is 8.49. The lowest BCUT2D eigenvalue weighted by atomic mass is 9.99. The number of para-hydroxylation sites is 1. The number of benzene rings is 2. The monoisotopic (exact) mass is 402 g/mol. The van der Waals surface area contributed by atoms with Crippen LogP contribution in [0.2, 0.25) is 0 Å². The van der Waals surface area contributed by atoms with Gasteiger partial charge in [-0.2, -0.15) is 0 Å². The molecule has 1 aliphatic rings. The number of aromatic nitrogens is 1. The Morgan fingerprint density at radius 2 is 1.76 bits per heavy atom. The van der Waals surface area contributed by atoms with E-state index in [2.05, 4.69) is 69.9 Å². The van der Waals surface area contributed by atoms with E-state index >= 15 is 0 Å². The van der Waals surface area contributed by atoms with E-state index in [-0.39, 0.29) is 6.04 Å². The lowest BCUT2D eigenvalue weighted by Gasteiger charge is -2.37. The number of rotatable bonds is 4. The van der Waals surface area contributed by atoms with Crippen LogP contribution in [0.25, 0.3) is 10.9 Å². The minimum Gasteiger partial charge on any atom is -0.505 e. The normalized spacial score (nSPS) is 16.2. The third-order valence-corrected chi connectivity index (χ3v) is 6.79. The number of aromatic hydroxyl groups is 1. The molecule has 0 unspecified atom stereocenters. The van der Waals surface area contributed by atoms with Gasteiger partial charge in [0.15, 0.2) is 11.8 Å². The summed E-state index contributed by atoms with van der Waals surface area (Å²) in [5.41, 5.74) is 2.95. The largest absolute Gasteiger partial charge is 0.505 e. The Labute approximate surface area is 174 Å². The highest BCUT2D eigenvalue weighted by molar-refractivity contribution is 7.10. The Balaban J connectivity index is 1.47. The molecule has 4 nitrogen and oxygen atoms in total. The van der Waals surface area contributed by atoms with Gasteiger partial charge >= 0.3 is 0 Å². The molecule has 3 heterocycles. The van der Waals surface area contributed by atoms with Crippen LogP contribution in [0.15, 0.2) is 78.3 Å². The maximum absolute atomic E-state index is 11.1. The molecule has 29 heavy (non-hydrogen) atoms. The number of quaternary nitrogens is 1. The Bertz CT molecular complexity index is 1090. The Kier molecular flexibility index (Phi) is 4.92. The van der Waals surface area contributed by atoms with E-state index in [4.69, 9.17) is 0 Å². The predicted molar refractivity (Wildman–Crippen MR) is 119 cm³/mol. The zero-order chi connectivity index (χ0) is 19.6. The van der Waals surface area contributed by atoms with Crippen LogP contribution in [0.1, 0.15) is 16.5 Å². The number of hydrogen-bond donors (Lipinski definition) is 2. The summed E-state index contributed by atoms with van der Waals surface area (Å²) in [6.45, 7) is 4.07. The minimum atomic E-state index is 0.124. The molecule has 2 N–H and O–H groups in total. The highest BCUT2D eigenvalue weighted by Crippen LogP contribution is 2.34. The number of nitrogens with one attached hydrogen (secondary N) is 1. The van der Waals surface area contributed by atoms with Crippen molar-refractivity contribution >= 4 is 27.9 Å². The quantitative estimate of drug-likeness (QED) is 0.549. The molecule has 0 aliphatic carbocycles. The number of nitrogens with zero attached hydrogens (tertiary/aromatic N) is 2. The van der Waals surface area contributed by atoms with Crippen molar-refractivity contribution in [1.82, 2.24) is 4.98 Å². The number of pyridine rings is 1. The molecule has 0 spiro atoms. The maximum Gasteiger partial charge on any atom is 0.152 e. The molecule has 4 aromatic rings. The van der Waals surface area contributed by atoms with Gasteiger partial charge in [-0.15, -0.1) is 11.3 Å². The Hall–Kier alpha value is -2.89. The maximum atomic E-state index is 11.1. The smallest absolute Gasteiger partial charge is 0.152 e. The molecule has 1 aliphatic heterocycles. The van der Waals surface area contributed by atoms with Crippen molar-refractivity contribution in [3.8, 4) is 5.75 Å². The van der Waals surface area contributed by atoms with Crippen LogP contribution in [0.3, 0.4) is 0 Å². The molecule has 5 heteroatoms. The summed E-state index contributed by atoms with van der Waals surface area (Å²) >= 11 is 1.76. The number of phenols is 1. The first kappa shape index (κ1) is 18.2. The van der Waals surface area contributed by atoms with Crippen LogP contribution in [-0.2, 0) is 0 Å². The van der Waals surface area contributed by atoms with Gasteiger partial charge in [-0.05, 0) is 35.7 Å². The zero-order valence-electron chi connectivity index (χ0n) is 16.2. The van der Waals surface area contributed by atoms with Crippen molar-refractivity contribution < 1.29 is 10.0 Å². The molecule has 2 aromatic heterocycles. The fourth-order valence-electron chi connectivity index (χ4n) is 4.39. The number of hydrogen-bond acceptors (Lipinski definition) is 4. The van der Waals surface area contributed by atoms with Gasteiger partial charge in [0.25, 0.3) is 0 Å². The summed E-state index contributed by atoms with van der Waals surface area (Å²) in [7, 11) is 0. The molecule has 1 saturated heterocycles. The first-order valence-corrected chi connectivity index (χ1v) is 10.9. The number of thiophene rings is 1. The van der Waals surface area contributed by atoms with Gasteiger partial charge in [-0.25, -0.2) is 0 Å². The lowest BCUT2D eigenvalue weighted by Crippen LogP contribution is -3.15. The van der Waals surface area contributed by atoms with Crippen LogP contribution in [0.5, 0.6) is 5.75 Å². The zero-order valence-corrected chi connectivity index (χ0v) is 17.0. The van der Waals surface area contributed by atoms with E-state index in [1.165, 1.54) is 15.5 Å². The first-order valence-electron chi connectivity index (χ1n) is 10.1. The summed E-state index contributed by atoms with van der Waals surface area (Å²) in [6, 6.07) is 23.1. The van der Waals surface area contributed by atoms with Crippen LogP contribution in [-0.4, -0.2) is 36.3 Å². The summed E-state index contributed by atoms with van der Waals surface area (Å²) in [4.78, 5) is 9.67. The minimum absolute atomic E-state index is 0.124. The average Bonchev–Trinajstić information content (AvgIpc) is 3.31. The number of fused-ring (bicyclic) bond motifs is 1. The Morgan fingerprint density at radius 3 is 2.52 bits per heavy atom. The van der Waals surface area contributed by atoms with Crippen molar-refractivity contribution in [2.45, 2.75) is 6.04 Å². The van der Waals surface area contributed by atoms with E-state index in [1.807, 2.05) is 12.1 Å². The standard InChI is InChI=1S/C24H23N3OS/c28-24-20(11-10-18-6-4-12-25-22(18)24)23(21-9-5-17-29-21)27-15-13-26(14-16-27)19-7-2-1-3-8-19/h1-12,17,23,28H,13-16H2/p+1/t23-/m1/s1. The predicted octanol–water partition coefficient (Wildman–Crippen LogP) is 3.50. The molecule has 5 rings (SSSR count). The highest BCUT2D eigenvalue weighted by atomic mass is 32.1. The molecule has 0 bridgehead atoms. The van der Waals surface area contributed by atoms with Crippen LogP contribution < -0.4 is 9.80 Å². The van der Waals surface area contributed by atoms with Gasteiger partial charge in [0.1, 0.15) is 5.52 Å². The summed E-state index contributed by atoms with van der Waals surface area (Å²) < 4.78 is 0. The fourth-order valence-corrected chi connectivity index (χ4v) is 5.29. The number of piperazine rings is 1. The van der Waals surface area contributed by atoms with E-state index in [0.29, 0.717) is 11.3 Å². The second-order valence-electron chi connectivity index (χ2n) is 7.51. The van der Waals surface area contributed by atoms with Gasteiger partial charge < -0.3 is 14.9 Å². The third-order valence-electron chi connectivity index (χ3n) is 5.85. The van der Waals surface area contributed by atoms with Gasteiger partial charge in [0.05, 0.1) is 36.6 Å².